The lowest BCUT2D eigenvalue weighted by Gasteiger charge is -2.11. The van der Waals surface area contributed by atoms with E-state index < -0.39 is 0 Å². The smallest absolute Gasteiger partial charge is 0.119 e. The van der Waals surface area contributed by atoms with Crippen LogP contribution < -0.4 is 10.1 Å². The van der Waals surface area contributed by atoms with Crippen molar-refractivity contribution in [3.05, 3.63) is 58.1 Å². The number of hydrogen-bond acceptors (Lipinski definition) is 2. The Bertz CT molecular complexity index is 582. The first-order valence-corrected chi connectivity index (χ1v) is 7.74. The van der Waals surface area contributed by atoms with Crippen LogP contribution >= 0.6 is 23.2 Å². The third-order valence-corrected chi connectivity index (χ3v) is 4.00. The first-order valence-electron chi connectivity index (χ1n) is 6.98. The Morgan fingerprint density at radius 1 is 1.05 bits per heavy atom. The van der Waals surface area contributed by atoms with Crippen molar-refractivity contribution in [2.75, 3.05) is 18.5 Å². The maximum atomic E-state index is 6.10. The average Bonchev–Trinajstić information content (AvgIpc) is 2.48. The fraction of sp³-hybridized carbons (Fsp3) is 0.294. The van der Waals surface area contributed by atoms with Crippen molar-refractivity contribution in [1.29, 1.82) is 0 Å². The summed E-state index contributed by atoms with van der Waals surface area (Å²) in [6, 6.07) is 13.7. The van der Waals surface area contributed by atoms with E-state index in [0.29, 0.717) is 29.1 Å². The molecule has 0 aliphatic heterocycles. The summed E-state index contributed by atoms with van der Waals surface area (Å²) < 4.78 is 5.69. The molecule has 4 heteroatoms. The van der Waals surface area contributed by atoms with Gasteiger partial charge in [-0.15, -0.1) is 0 Å². The highest BCUT2D eigenvalue weighted by Crippen LogP contribution is 2.29. The van der Waals surface area contributed by atoms with E-state index >= 15 is 0 Å². The minimum absolute atomic E-state index is 0.533. The molecule has 0 spiro atoms. The molecular weight excluding hydrogens is 305 g/mol. The minimum Gasteiger partial charge on any atom is -0.492 e. The Morgan fingerprint density at radius 2 is 1.76 bits per heavy atom. The maximum Gasteiger partial charge on any atom is 0.119 e. The molecule has 2 rings (SSSR count). The molecule has 0 amide bonds. The summed E-state index contributed by atoms with van der Waals surface area (Å²) in [7, 11) is 0. The van der Waals surface area contributed by atoms with E-state index in [0.717, 1.165) is 11.4 Å². The van der Waals surface area contributed by atoms with Gasteiger partial charge in [0.15, 0.2) is 0 Å². The molecule has 2 aromatic carbocycles. The summed E-state index contributed by atoms with van der Waals surface area (Å²) in [4.78, 5) is 0. The Kier molecular flexibility index (Phi) is 5.77. The first-order chi connectivity index (χ1) is 10.1. The lowest BCUT2D eigenvalue weighted by Crippen LogP contribution is -2.11. The molecule has 1 N–H and O–H groups in total. The molecule has 0 bridgehead atoms. The molecule has 2 aromatic rings. The van der Waals surface area contributed by atoms with Crippen LogP contribution in [-0.2, 0) is 0 Å². The predicted octanol–water partition coefficient (Wildman–Crippen LogP) is 5.61. The monoisotopic (exact) mass is 323 g/mol. The number of rotatable bonds is 6. The zero-order valence-electron chi connectivity index (χ0n) is 12.2. The second-order valence-electron chi connectivity index (χ2n) is 5.10. The van der Waals surface area contributed by atoms with Crippen LogP contribution in [0.25, 0.3) is 0 Å². The number of ether oxygens (including phenoxy) is 1. The highest BCUT2D eigenvalue weighted by Gasteiger charge is 2.03. The van der Waals surface area contributed by atoms with Gasteiger partial charge in [0, 0.05) is 6.54 Å². The summed E-state index contributed by atoms with van der Waals surface area (Å²) in [5, 5.41) is 4.30. The molecule has 0 saturated carbocycles. The molecule has 0 atom stereocenters. The van der Waals surface area contributed by atoms with Crippen molar-refractivity contribution in [1.82, 2.24) is 0 Å². The molecule has 112 valence electrons. The van der Waals surface area contributed by atoms with Gasteiger partial charge in [0.25, 0.3) is 0 Å². The quantitative estimate of drug-likeness (QED) is 0.698. The van der Waals surface area contributed by atoms with Crippen LogP contribution in [0.15, 0.2) is 42.5 Å². The third-order valence-electron chi connectivity index (χ3n) is 3.18. The second kappa shape index (κ2) is 7.58. The largest absolute Gasteiger partial charge is 0.492 e. The van der Waals surface area contributed by atoms with Gasteiger partial charge in [0.1, 0.15) is 12.4 Å². The Morgan fingerprint density at radius 3 is 2.43 bits per heavy atom. The fourth-order valence-corrected chi connectivity index (χ4v) is 2.31. The molecule has 0 fully saturated rings. The van der Waals surface area contributed by atoms with Crippen LogP contribution in [0, 0.1) is 0 Å². The summed E-state index contributed by atoms with van der Waals surface area (Å²) >= 11 is 12.1. The van der Waals surface area contributed by atoms with Crippen molar-refractivity contribution in [3.63, 3.8) is 0 Å². The molecule has 21 heavy (non-hydrogen) atoms. The molecule has 0 heterocycles. The van der Waals surface area contributed by atoms with Gasteiger partial charge in [0.2, 0.25) is 0 Å². The van der Waals surface area contributed by atoms with Crippen LogP contribution in [0.3, 0.4) is 0 Å². The lowest BCUT2D eigenvalue weighted by molar-refractivity contribution is 0.333. The van der Waals surface area contributed by atoms with E-state index in [9.17, 15) is 0 Å². The maximum absolute atomic E-state index is 6.10. The summed E-state index contributed by atoms with van der Waals surface area (Å²) in [6.45, 7) is 5.57. The van der Waals surface area contributed by atoms with E-state index in [2.05, 4.69) is 31.3 Å². The van der Waals surface area contributed by atoms with Gasteiger partial charge in [-0.1, -0.05) is 55.2 Å². The van der Waals surface area contributed by atoms with Crippen molar-refractivity contribution in [2.45, 2.75) is 19.8 Å². The lowest BCUT2D eigenvalue weighted by atomic mass is 10.0. The van der Waals surface area contributed by atoms with Gasteiger partial charge in [-0.05, 0) is 35.7 Å². The van der Waals surface area contributed by atoms with Crippen molar-refractivity contribution >= 4 is 28.9 Å². The summed E-state index contributed by atoms with van der Waals surface area (Å²) in [5.41, 5.74) is 2.13. The highest BCUT2D eigenvalue weighted by molar-refractivity contribution is 6.43. The zero-order chi connectivity index (χ0) is 15.2. The normalized spacial score (nSPS) is 10.7. The molecule has 0 unspecified atom stereocenters. The highest BCUT2D eigenvalue weighted by atomic mass is 35.5. The van der Waals surface area contributed by atoms with Crippen LogP contribution in [0.5, 0.6) is 5.75 Å². The van der Waals surface area contributed by atoms with Gasteiger partial charge in [-0.3, -0.25) is 0 Å². The van der Waals surface area contributed by atoms with Gasteiger partial charge >= 0.3 is 0 Å². The van der Waals surface area contributed by atoms with Crippen molar-refractivity contribution < 1.29 is 4.74 Å². The Labute approximate surface area is 136 Å². The Hall–Kier alpha value is -1.38. The topological polar surface area (TPSA) is 21.3 Å². The standard InChI is InChI=1S/C17H19Cl2NO/c1-12(2)13-6-8-14(9-7-13)21-11-10-20-16-5-3-4-15(18)17(16)19/h3-9,12,20H,10-11H2,1-2H3. The SMILES string of the molecule is CC(C)c1ccc(OCCNc2cccc(Cl)c2Cl)cc1. The minimum atomic E-state index is 0.533. The van der Waals surface area contributed by atoms with E-state index in [4.69, 9.17) is 27.9 Å². The van der Waals surface area contributed by atoms with E-state index in [-0.39, 0.29) is 0 Å². The first kappa shape index (κ1) is 16.0. The molecule has 2 nitrogen and oxygen atoms in total. The average molecular weight is 324 g/mol. The number of benzene rings is 2. The Balaban J connectivity index is 1.80. The van der Waals surface area contributed by atoms with Gasteiger partial charge < -0.3 is 10.1 Å². The molecule has 0 radical (unpaired) electrons. The fourth-order valence-electron chi connectivity index (χ4n) is 1.94. The van der Waals surface area contributed by atoms with Crippen LogP contribution in [0.4, 0.5) is 5.69 Å². The second-order valence-corrected chi connectivity index (χ2v) is 5.89. The van der Waals surface area contributed by atoms with Gasteiger partial charge in [-0.2, -0.15) is 0 Å². The number of anilines is 1. The predicted molar refractivity (Wildman–Crippen MR) is 91.0 cm³/mol. The number of halogens is 2. The van der Waals surface area contributed by atoms with E-state index in [1.165, 1.54) is 5.56 Å². The third kappa shape index (κ3) is 4.55. The summed E-state index contributed by atoms with van der Waals surface area (Å²) in [5.74, 6) is 1.41. The number of hydrogen-bond donors (Lipinski definition) is 1. The van der Waals surface area contributed by atoms with Crippen molar-refractivity contribution in [2.24, 2.45) is 0 Å². The molecular formula is C17H19Cl2NO. The molecule has 0 aliphatic carbocycles. The summed E-state index contributed by atoms with van der Waals surface area (Å²) in [6.07, 6.45) is 0. The van der Waals surface area contributed by atoms with Crippen LogP contribution in [-0.4, -0.2) is 13.2 Å². The van der Waals surface area contributed by atoms with Gasteiger partial charge in [0.05, 0.1) is 15.7 Å². The van der Waals surface area contributed by atoms with Crippen LogP contribution in [0.2, 0.25) is 10.0 Å². The zero-order valence-corrected chi connectivity index (χ0v) is 13.7. The van der Waals surface area contributed by atoms with Crippen LogP contribution in [0.1, 0.15) is 25.3 Å². The van der Waals surface area contributed by atoms with E-state index in [1.54, 1.807) is 6.07 Å². The molecule has 0 saturated heterocycles. The van der Waals surface area contributed by atoms with Crippen molar-refractivity contribution in [3.8, 4) is 5.75 Å². The van der Waals surface area contributed by atoms with Gasteiger partial charge in [-0.25, -0.2) is 0 Å². The number of nitrogens with one attached hydrogen (secondary N) is 1. The molecule has 0 aliphatic rings. The van der Waals surface area contributed by atoms with E-state index in [1.807, 2.05) is 24.3 Å². The molecule has 0 aromatic heterocycles.